The Labute approximate surface area is 143 Å². The number of esters is 1. The molecule has 25 heavy (non-hydrogen) atoms. The van der Waals surface area contributed by atoms with Crippen LogP contribution < -0.4 is 9.47 Å². The van der Waals surface area contributed by atoms with E-state index in [4.69, 9.17) is 14.2 Å². The minimum atomic E-state index is -0.594. The smallest absolute Gasteiger partial charge is 0.331 e. The number of fused-ring (bicyclic) bond motifs is 1. The molecule has 0 spiro atoms. The van der Waals surface area contributed by atoms with Gasteiger partial charge in [0.25, 0.3) is 5.69 Å². The topological polar surface area (TPSA) is 87.9 Å². The van der Waals surface area contributed by atoms with Crippen LogP contribution in [0.25, 0.3) is 6.08 Å². The van der Waals surface area contributed by atoms with Gasteiger partial charge in [-0.3, -0.25) is 10.1 Å². The average Bonchev–Trinajstić information content (AvgIpc) is 3.07. The zero-order valence-electron chi connectivity index (χ0n) is 13.4. The van der Waals surface area contributed by atoms with E-state index >= 15 is 0 Å². The number of benzene rings is 2. The molecule has 0 saturated carbocycles. The van der Waals surface area contributed by atoms with Crippen LogP contribution in [0.15, 0.2) is 48.5 Å². The maximum absolute atomic E-state index is 12.0. The minimum absolute atomic E-state index is 0.0102. The first-order chi connectivity index (χ1) is 12.0. The second-order valence-electron chi connectivity index (χ2n) is 5.34. The van der Waals surface area contributed by atoms with Crippen LogP contribution in [-0.2, 0) is 9.53 Å². The number of hydrogen-bond acceptors (Lipinski definition) is 6. The molecule has 0 radical (unpaired) electrons. The van der Waals surface area contributed by atoms with Crippen LogP contribution in [0.3, 0.4) is 0 Å². The van der Waals surface area contributed by atoms with Gasteiger partial charge in [-0.15, -0.1) is 0 Å². The van der Waals surface area contributed by atoms with Crippen LogP contribution in [0, 0.1) is 10.1 Å². The molecule has 0 aromatic heterocycles. The van der Waals surface area contributed by atoms with Crippen molar-refractivity contribution in [3.63, 3.8) is 0 Å². The molecule has 2 aromatic carbocycles. The highest BCUT2D eigenvalue weighted by Crippen LogP contribution is 2.38. The number of carbonyl (C=O) groups excluding carboxylic acids is 1. The molecule has 7 heteroatoms. The van der Waals surface area contributed by atoms with Crippen LogP contribution in [0.5, 0.6) is 11.5 Å². The number of rotatable bonds is 5. The molecule has 0 N–H and O–H groups in total. The summed E-state index contributed by atoms with van der Waals surface area (Å²) in [6, 6.07) is 12.0. The van der Waals surface area contributed by atoms with Crippen molar-refractivity contribution in [1.29, 1.82) is 0 Å². The molecule has 3 rings (SSSR count). The molecule has 0 amide bonds. The standard InChI is InChI=1S/C18H15NO6/c1-12(13-5-3-2-4-6-13)25-18(20)8-7-14-9-16-17(24-11-23-16)10-15(14)19(21)22/h2-10,12H,11H2,1H3/b8-7+/t12-/m0/s1. The molecule has 2 aromatic rings. The van der Waals surface area contributed by atoms with Crippen LogP contribution in [0.1, 0.15) is 24.2 Å². The summed E-state index contributed by atoms with van der Waals surface area (Å²) in [5, 5.41) is 11.2. The Bertz CT molecular complexity index is 831. The summed E-state index contributed by atoms with van der Waals surface area (Å²) in [5.41, 5.74) is 0.918. The van der Waals surface area contributed by atoms with Crippen LogP contribution >= 0.6 is 0 Å². The molecule has 0 unspecified atom stereocenters. The first-order valence-electron chi connectivity index (χ1n) is 7.56. The molecular formula is C18H15NO6. The Balaban J connectivity index is 1.75. The van der Waals surface area contributed by atoms with E-state index in [1.807, 2.05) is 30.3 Å². The Kier molecular flexibility index (Phi) is 4.65. The van der Waals surface area contributed by atoms with Crippen molar-refractivity contribution >= 4 is 17.7 Å². The number of ether oxygens (including phenoxy) is 3. The maximum atomic E-state index is 12.0. The lowest BCUT2D eigenvalue weighted by atomic mass is 10.1. The highest BCUT2D eigenvalue weighted by Gasteiger charge is 2.22. The molecule has 1 aliphatic heterocycles. The van der Waals surface area contributed by atoms with Gasteiger partial charge in [-0.1, -0.05) is 30.3 Å². The molecule has 0 bridgehead atoms. The van der Waals surface area contributed by atoms with Crippen molar-refractivity contribution in [2.75, 3.05) is 6.79 Å². The summed E-state index contributed by atoms with van der Waals surface area (Å²) < 4.78 is 15.6. The fourth-order valence-corrected chi connectivity index (χ4v) is 2.40. The second kappa shape index (κ2) is 7.04. The highest BCUT2D eigenvalue weighted by molar-refractivity contribution is 5.88. The zero-order chi connectivity index (χ0) is 17.8. The number of carbonyl (C=O) groups is 1. The predicted octanol–water partition coefficient (Wildman–Crippen LogP) is 3.64. The number of nitrogens with zero attached hydrogens (tertiary/aromatic N) is 1. The molecule has 128 valence electrons. The monoisotopic (exact) mass is 341 g/mol. The molecule has 7 nitrogen and oxygen atoms in total. The highest BCUT2D eigenvalue weighted by atomic mass is 16.7. The van der Waals surface area contributed by atoms with Crippen molar-refractivity contribution in [1.82, 2.24) is 0 Å². The minimum Gasteiger partial charge on any atom is -0.455 e. The van der Waals surface area contributed by atoms with Crippen molar-refractivity contribution in [3.8, 4) is 11.5 Å². The second-order valence-corrected chi connectivity index (χ2v) is 5.34. The van der Waals surface area contributed by atoms with E-state index in [0.717, 1.165) is 11.6 Å². The summed E-state index contributed by atoms with van der Waals surface area (Å²) in [5.74, 6) is 0.115. The van der Waals surface area contributed by atoms with Crippen molar-refractivity contribution in [2.24, 2.45) is 0 Å². The van der Waals surface area contributed by atoms with Crippen molar-refractivity contribution in [2.45, 2.75) is 13.0 Å². The predicted molar refractivity (Wildman–Crippen MR) is 89.2 cm³/mol. The summed E-state index contributed by atoms with van der Waals surface area (Å²) in [6.45, 7) is 1.76. The average molecular weight is 341 g/mol. The maximum Gasteiger partial charge on any atom is 0.331 e. The lowest BCUT2D eigenvalue weighted by Gasteiger charge is -2.11. The number of nitro groups is 1. The summed E-state index contributed by atoms with van der Waals surface area (Å²) in [7, 11) is 0. The van der Waals surface area contributed by atoms with Crippen LogP contribution in [-0.4, -0.2) is 17.7 Å². The van der Waals surface area contributed by atoms with E-state index in [2.05, 4.69) is 0 Å². The largest absolute Gasteiger partial charge is 0.455 e. The Morgan fingerprint density at radius 1 is 1.24 bits per heavy atom. The molecule has 1 aliphatic rings. The summed E-state index contributed by atoms with van der Waals surface area (Å²) in [4.78, 5) is 22.6. The molecule has 0 aliphatic carbocycles. The van der Waals surface area contributed by atoms with E-state index in [1.165, 1.54) is 18.2 Å². The Hall–Kier alpha value is -3.35. The fourth-order valence-electron chi connectivity index (χ4n) is 2.40. The zero-order valence-corrected chi connectivity index (χ0v) is 13.4. The molecule has 0 saturated heterocycles. The number of hydrogen-bond donors (Lipinski definition) is 0. The molecule has 0 fully saturated rings. The Morgan fingerprint density at radius 3 is 2.60 bits per heavy atom. The van der Waals surface area contributed by atoms with E-state index in [0.29, 0.717) is 11.5 Å². The molecular weight excluding hydrogens is 326 g/mol. The van der Waals surface area contributed by atoms with E-state index in [9.17, 15) is 14.9 Å². The van der Waals surface area contributed by atoms with Gasteiger partial charge >= 0.3 is 5.97 Å². The van der Waals surface area contributed by atoms with E-state index < -0.39 is 17.0 Å². The van der Waals surface area contributed by atoms with Gasteiger partial charge in [0.05, 0.1) is 16.6 Å². The lowest BCUT2D eigenvalue weighted by molar-refractivity contribution is -0.385. The van der Waals surface area contributed by atoms with Crippen LogP contribution in [0.4, 0.5) is 5.69 Å². The third kappa shape index (κ3) is 3.77. The fraction of sp³-hybridized carbons (Fsp3) is 0.167. The van der Waals surface area contributed by atoms with Crippen molar-refractivity contribution in [3.05, 3.63) is 69.8 Å². The summed E-state index contributed by atoms with van der Waals surface area (Å²) >= 11 is 0. The van der Waals surface area contributed by atoms with Gasteiger partial charge in [-0.25, -0.2) is 4.79 Å². The van der Waals surface area contributed by atoms with Gasteiger partial charge in [-0.05, 0) is 24.6 Å². The normalized spacial score (nSPS) is 13.6. The lowest BCUT2D eigenvalue weighted by Crippen LogP contribution is -2.05. The quantitative estimate of drug-likeness (QED) is 0.357. The first kappa shape index (κ1) is 16.5. The first-order valence-corrected chi connectivity index (χ1v) is 7.56. The summed E-state index contributed by atoms with van der Waals surface area (Å²) in [6.07, 6.45) is 2.06. The van der Waals surface area contributed by atoms with Gasteiger partial charge in [-0.2, -0.15) is 0 Å². The molecule has 1 heterocycles. The SMILES string of the molecule is C[C@H](OC(=O)/C=C/c1cc2c(cc1[N+](=O)[O-])OCO2)c1ccccc1. The van der Waals surface area contributed by atoms with Crippen molar-refractivity contribution < 1.29 is 23.9 Å². The number of nitro benzene ring substituents is 1. The van der Waals surface area contributed by atoms with Gasteiger partial charge in [0.15, 0.2) is 11.5 Å². The van der Waals surface area contributed by atoms with E-state index in [1.54, 1.807) is 6.92 Å². The van der Waals surface area contributed by atoms with E-state index in [-0.39, 0.29) is 18.0 Å². The Morgan fingerprint density at radius 2 is 1.92 bits per heavy atom. The third-order valence-corrected chi connectivity index (χ3v) is 3.68. The van der Waals surface area contributed by atoms with Crippen LogP contribution in [0.2, 0.25) is 0 Å². The third-order valence-electron chi connectivity index (χ3n) is 3.68. The molecule has 1 atom stereocenters. The van der Waals surface area contributed by atoms with Gasteiger partial charge in [0, 0.05) is 6.08 Å². The van der Waals surface area contributed by atoms with Gasteiger partial charge in [0.2, 0.25) is 6.79 Å². The van der Waals surface area contributed by atoms with Gasteiger partial charge < -0.3 is 14.2 Å². The van der Waals surface area contributed by atoms with Gasteiger partial charge in [0.1, 0.15) is 6.10 Å².